The Hall–Kier alpha value is -1.21. The lowest BCUT2D eigenvalue weighted by molar-refractivity contribution is 0.101. The summed E-state index contributed by atoms with van der Waals surface area (Å²) in [7, 11) is 1.78. The van der Waals surface area contributed by atoms with Crippen molar-refractivity contribution in [3.8, 4) is 0 Å². The molecule has 0 N–H and O–H groups in total. The van der Waals surface area contributed by atoms with Crippen molar-refractivity contribution >= 4 is 33.5 Å². The molecule has 2 rings (SSSR count). The molecule has 2 aromatic rings. The summed E-state index contributed by atoms with van der Waals surface area (Å²) in [6.45, 7) is 1.54. The number of rotatable bonds is 3. The fourth-order valence-corrected chi connectivity index (χ4v) is 2.57. The minimum atomic E-state index is 0.0441. The zero-order chi connectivity index (χ0) is 12.4. The van der Waals surface area contributed by atoms with Crippen molar-refractivity contribution < 1.29 is 4.79 Å². The van der Waals surface area contributed by atoms with Gasteiger partial charge in [-0.2, -0.15) is 0 Å². The first-order valence-electron chi connectivity index (χ1n) is 4.78. The second kappa shape index (κ2) is 4.97. The van der Waals surface area contributed by atoms with Crippen LogP contribution in [0.5, 0.6) is 0 Å². The highest BCUT2D eigenvalue weighted by Crippen LogP contribution is 2.32. The fraction of sp³-hybridized carbons (Fsp3) is 0.200. The Balaban J connectivity index is 2.29. The Labute approximate surface area is 111 Å². The Morgan fingerprint density at radius 1 is 1.47 bits per heavy atom. The maximum Gasteiger partial charge on any atom is 0.213 e. The van der Waals surface area contributed by atoms with Crippen molar-refractivity contribution in [3.63, 3.8) is 0 Å². The van der Waals surface area contributed by atoms with Gasteiger partial charge in [-0.15, -0.1) is 5.10 Å². The number of ketones is 1. The highest BCUT2D eigenvalue weighted by molar-refractivity contribution is 9.10. The number of carbonyl (C=O) groups excluding carboxylic acids is 1. The Kier molecular flexibility index (Phi) is 3.58. The van der Waals surface area contributed by atoms with E-state index in [4.69, 9.17) is 0 Å². The Morgan fingerprint density at radius 3 is 2.76 bits per heavy atom. The van der Waals surface area contributed by atoms with Crippen LogP contribution in [-0.4, -0.2) is 26.0 Å². The average Bonchev–Trinajstić information content (AvgIpc) is 2.67. The highest BCUT2D eigenvalue weighted by atomic mass is 79.9. The molecule has 0 saturated carbocycles. The minimum absolute atomic E-state index is 0.0441. The number of hydrogen-bond acceptors (Lipinski definition) is 5. The lowest BCUT2D eigenvalue weighted by Gasteiger charge is -2.04. The summed E-state index contributed by atoms with van der Waals surface area (Å²) >= 11 is 4.87. The third-order valence-electron chi connectivity index (χ3n) is 2.12. The summed E-state index contributed by atoms with van der Waals surface area (Å²) in [5.41, 5.74) is 0.678. The quantitative estimate of drug-likeness (QED) is 0.814. The van der Waals surface area contributed by atoms with E-state index in [1.54, 1.807) is 30.8 Å². The molecule has 1 aromatic heterocycles. The number of hydrogen-bond donors (Lipinski definition) is 0. The van der Waals surface area contributed by atoms with Crippen LogP contribution < -0.4 is 0 Å². The van der Waals surface area contributed by atoms with Crippen LogP contribution in [0.2, 0.25) is 0 Å². The van der Waals surface area contributed by atoms with E-state index in [1.165, 1.54) is 11.8 Å². The highest BCUT2D eigenvalue weighted by Gasteiger charge is 2.09. The minimum Gasteiger partial charge on any atom is -0.295 e. The van der Waals surface area contributed by atoms with Crippen LogP contribution in [-0.2, 0) is 7.05 Å². The zero-order valence-electron chi connectivity index (χ0n) is 9.22. The van der Waals surface area contributed by atoms with Gasteiger partial charge in [0.2, 0.25) is 5.16 Å². The predicted octanol–water partition coefficient (Wildman–Crippen LogP) is 2.33. The number of halogens is 1. The third-order valence-corrected chi connectivity index (χ3v) is 4.14. The summed E-state index contributed by atoms with van der Waals surface area (Å²) in [6, 6.07) is 5.47. The lowest BCUT2D eigenvalue weighted by atomic mass is 10.2. The molecule has 0 amide bonds. The van der Waals surface area contributed by atoms with Crippen molar-refractivity contribution in [1.82, 2.24) is 20.2 Å². The van der Waals surface area contributed by atoms with Gasteiger partial charge in [0, 0.05) is 22.0 Å². The summed E-state index contributed by atoms with van der Waals surface area (Å²) < 4.78 is 2.45. The van der Waals surface area contributed by atoms with Crippen molar-refractivity contribution in [2.45, 2.75) is 17.0 Å². The molecule has 0 radical (unpaired) electrons. The standard InChI is InChI=1S/C10H9BrN4OS/c1-6(16)7-3-4-9(8(11)5-7)17-10-12-13-14-15(10)2/h3-5H,1-2H3. The number of aromatic nitrogens is 4. The molecule has 0 aliphatic carbocycles. The second-order valence-corrected chi connectivity index (χ2v) is 5.25. The normalized spacial score (nSPS) is 10.5. The molecule has 0 aliphatic rings. The smallest absolute Gasteiger partial charge is 0.213 e. The van der Waals surface area contributed by atoms with E-state index in [9.17, 15) is 4.79 Å². The Morgan fingerprint density at radius 2 is 2.24 bits per heavy atom. The first-order chi connectivity index (χ1) is 8.08. The van der Waals surface area contributed by atoms with Gasteiger partial charge in [0.1, 0.15) is 0 Å². The monoisotopic (exact) mass is 312 g/mol. The number of carbonyl (C=O) groups is 1. The molecule has 0 atom stereocenters. The molecular formula is C10H9BrN4OS. The number of aryl methyl sites for hydroxylation is 1. The molecule has 1 heterocycles. The largest absolute Gasteiger partial charge is 0.295 e. The molecule has 17 heavy (non-hydrogen) atoms. The SMILES string of the molecule is CC(=O)c1ccc(Sc2nnnn2C)c(Br)c1. The van der Waals surface area contributed by atoms with Crippen LogP contribution in [0.4, 0.5) is 0 Å². The van der Waals surface area contributed by atoms with Gasteiger partial charge < -0.3 is 0 Å². The van der Waals surface area contributed by atoms with Crippen molar-refractivity contribution in [2.75, 3.05) is 0 Å². The molecule has 0 spiro atoms. The van der Waals surface area contributed by atoms with E-state index in [1.807, 2.05) is 6.07 Å². The zero-order valence-corrected chi connectivity index (χ0v) is 11.6. The van der Waals surface area contributed by atoms with Gasteiger partial charge in [-0.25, -0.2) is 4.68 Å². The molecule has 7 heteroatoms. The maximum absolute atomic E-state index is 11.2. The van der Waals surface area contributed by atoms with Gasteiger partial charge in [-0.1, -0.05) is 6.07 Å². The molecule has 0 fully saturated rings. The molecule has 0 aliphatic heterocycles. The van der Waals surface area contributed by atoms with Crippen LogP contribution in [0.1, 0.15) is 17.3 Å². The van der Waals surface area contributed by atoms with E-state index < -0.39 is 0 Å². The van der Waals surface area contributed by atoms with Crippen LogP contribution in [0.15, 0.2) is 32.7 Å². The molecule has 88 valence electrons. The van der Waals surface area contributed by atoms with E-state index in [0.717, 1.165) is 9.37 Å². The second-order valence-electron chi connectivity index (χ2n) is 3.39. The van der Waals surface area contributed by atoms with Crippen molar-refractivity contribution in [3.05, 3.63) is 28.2 Å². The van der Waals surface area contributed by atoms with E-state index in [2.05, 4.69) is 31.5 Å². The van der Waals surface area contributed by atoms with Gasteiger partial charge >= 0.3 is 0 Å². The van der Waals surface area contributed by atoms with Gasteiger partial charge in [0.25, 0.3) is 0 Å². The molecule has 1 aromatic carbocycles. The summed E-state index contributed by atoms with van der Waals surface area (Å²) in [5.74, 6) is 0.0441. The van der Waals surface area contributed by atoms with E-state index in [0.29, 0.717) is 10.7 Å². The number of Topliss-reactive ketones (excluding diaryl/α,β-unsaturated/α-hetero) is 1. The first kappa shape index (κ1) is 12.3. The summed E-state index contributed by atoms with van der Waals surface area (Å²) in [4.78, 5) is 12.2. The fourth-order valence-electron chi connectivity index (χ4n) is 1.21. The van der Waals surface area contributed by atoms with Crippen molar-refractivity contribution in [1.29, 1.82) is 0 Å². The summed E-state index contributed by atoms with van der Waals surface area (Å²) in [6.07, 6.45) is 0. The van der Waals surface area contributed by atoms with Crippen LogP contribution in [0.25, 0.3) is 0 Å². The lowest BCUT2D eigenvalue weighted by Crippen LogP contribution is -1.94. The van der Waals surface area contributed by atoms with Crippen LogP contribution in [0.3, 0.4) is 0 Å². The molecule has 0 unspecified atom stereocenters. The van der Waals surface area contributed by atoms with E-state index >= 15 is 0 Å². The number of tetrazole rings is 1. The van der Waals surface area contributed by atoms with Gasteiger partial charge in [0.15, 0.2) is 5.78 Å². The molecule has 0 saturated heterocycles. The molecule has 0 bridgehead atoms. The average molecular weight is 313 g/mol. The van der Waals surface area contributed by atoms with Crippen molar-refractivity contribution in [2.24, 2.45) is 7.05 Å². The van der Waals surface area contributed by atoms with Gasteiger partial charge in [-0.05, 0) is 57.2 Å². The number of nitrogens with zero attached hydrogens (tertiary/aromatic N) is 4. The van der Waals surface area contributed by atoms with E-state index in [-0.39, 0.29) is 5.78 Å². The third kappa shape index (κ3) is 2.73. The van der Waals surface area contributed by atoms with Gasteiger partial charge in [0.05, 0.1) is 0 Å². The maximum atomic E-state index is 11.2. The molecule has 5 nitrogen and oxygen atoms in total. The van der Waals surface area contributed by atoms with Crippen LogP contribution in [0, 0.1) is 0 Å². The first-order valence-corrected chi connectivity index (χ1v) is 6.39. The number of benzene rings is 1. The predicted molar refractivity (Wildman–Crippen MR) is 67.1 cm³/mol. The topological polar surface area (TPSA) is 60.7 Å². The van der Waals surface area contributed by atoms with Crippen LogP contribution >= 0.6 is 27.7 Å². The molecular weight excluding hydrogens is 304 g/mol. The Bertz CT molecular complexity index is 569. The summed E-state index contributed by atoms with van der Waals surface area (Å²) in [5, 5.41) is 11.9. The van der Waals surface area contributed by atoms with Gasteiger partial charge in [-0.3, -0.25) is 4.79 Å².